The SMILES string of the molecule is CCCCOC(=O)N1CC(C)N(C(=O)OC)c2ccc(Br)cc21. The van der Waals surface area contributed by atoms with Gasteiger partial charge in [-0.3, -0.25) is 9.80 Å². The number of carbonyl (C=O) groups is 2. The van der Waals surface area contributed by atoms with Crippen molar-refractivity contribution in [2.24, 2.45) is 0 Å². The van der Waals surface area contributed by atoms with Crippen LogP contribution in [0.4, 0.5) is 21.0 Å². The summed E-state index contributed by atoms with van der Waals surface area (Å²) >= 11 is 3.41. The molecule has 0 radical (unpaired) electrons. The molecular formula is C16H21BrN2O4. The fourth-order valence-electron chi connectivity index (χ4n) is 2.53. The molecule has 2 rings (SSSR count). The van der Waals surface area contributed by atoms with Gasteiger partial charge in [-0.05, 0) is 31.5 Å². The highest BCUT2D eigenvalue weighted by molar-refractivity contribution is 9.10. The van der Waals surface area contributed by atoms with E-state index in [1.54, 1.807) is 21.9 Å². The topological polar surface area (TPSA) is 59.1 Å². The number of nitrogens with zero attached hydrogens (tertiary/aromatic N) is 2. The van der Waals surface area contributed by atoms with Gasteiger partial charge in [-0.15, -0.1) is 0 Å². The van der Waals surface area contributed by atoms with Crippen LogP contribution in [0, 0.1) is 0 Å². The molecule has 0 aliphatic carbocycles. The van der Waals surface area contributed by atoms with Gasteiger partial charge in [0, 0.05) is 4.47 Å². The minimum atomic E-state index is -0.444. The lowest BCUT2D eigenvalue weighted by atomic mass is 10.1. The second kappa shape index (κ2) is 7.68. The first-order chi connectivity index (χ1) is 11.0. The number of fused-ring (bicyclic) bond motifs is 1. The lowest BCUT2D eigenvalue weighted by Crippen LogP contribution is -2.52. The van der Waals surface area contributed by atoms with Crippen LogP contribution in [-0.4, -0.2) is 38.5 Å². The van der Waals surface area contributed by atoms with Crippen molar-refractivity contribution < 1.29 is 19.1 Å². The number of methoxy groups -OCH3 is 1. The van der Waals surface area contributed by atoms with Crippen molar-refractivity contribution >= 4 is 39.5 Å². The first kappa shape index (κ1) is 17.6. The lowest BCUT2D eigenvalue weighted by molar-refractivity contribution is 0.150. The fraction of sp³-hybridized carbons (Fsp3) is 0.500. The Labute approximate surface area is 144 Å². The van der Waals surface area contributed by atoms with Crippen LogP contribution in [0.25, 0.3) is 0 Å². The van der Waals surface area contributed by atoms with Gasteiger partial charge in [0.1, 0.15) is 0 Å². The number of unbranched alkanes of at least 4 members (excludes halogenated alkanes) is 1. The van der Waals surface area contributed by atoms with Gasteiger partial charge in [-0.1, -0.05) is 29.3 Å². The summed E-state index contributed by atoms with van der Waals surface area (Å²) in [6.07, 6.45) is 0.950. The summed E-state index contributed by atoms with van der Waals surface area (Å²) < 4.78 is 11.0. The van der Waals surface area contributed by atoms with E-state index in [1.165, 1.54) is 7.11 Å². The molecule has 6 nitrogen and oxygen atoms in total. The monoisotopic (exact) mass is 384 g/mol. The third kappa shape index (κ3) is 3.77. The molecule has 1 unspecified atom stereocenters. The minimum Gasteiger partial charge on any atom is -0.452 e. The zero-order valence-corrected chi connectivity index (χ0v) is 15.1. The molecule has 0 N–H and O–H groups in total. The molecule has 1 aromatic rings. The number of halogens is 1. The number of rotatable bonds is 3. The summed E-state index contributed by atoms with van der Waals surface area (Å²) in [5.74, 6) is 0. The number of benzene rings is 1. The van der Waals surface area contributed by atoms with E-state index in [0.29, 0.717) is 24.5 Å². The third-order valence-electron chi connectivity index (χ3n) is 3.69. The first-order valence-corrected chi connectivity index (χ1v) is 8.39. The Bertz CT molecular complexity index is 593. The molecule has 126 valence electrons. The molecule has 1 heterocycles. The molecule has 2 amide bonds. The van der Waals surface area contributed by atoms with Gasteiger partial charge in [0.15, 0.2) is 0 Å². The van der Waals surface area contributed by atoms with E-state index in [2.05, 4.69) is 15.9 Å². The standard InChI is InChI=1S/C16H21BrN2O4/c1-4-5-8-23-15(20)18-10-11(2)19(16(21)22-3)13-7-6-12(17)9-14(13)18/h6-7,9,11H,4-5,8,10H2,1-3H3. The van der Waals surface area contributed by atoms with E-state index < -0.39 is 12.2 Å². The van der Waals surface area contributed by atoms with Crippen LogP contribution in [0.3, 0.4) is 0 Å². The Morgan fingerprint density at radius 1 is 1.30 bits per heavy atom. The van der Waals surface area contributed by atoms with Gasteiger partial charge in [-0.25, -0.2) is 9.59 Å². The van der Waals surface area contributed by atoms with Gasteiger partial charge >= 0.3 is 12.2 Å². The molecule has 1 atom stereocenters. The van der Waals surface area contributed by atoms with Crippen LogP contribution in [-0.2, 0) is 9.47 Å². The summed E-state index contributed by atoms with van der Waals surface area (Å²) in [7, 11) is 1.35. The zero-order chi connectivity index (χ0) is 17.0. The van der Waals surface area contributed by atoms with E-state index in [0.717, 1.165) is 17.3 Å². The van der Waals surface area contributed by atoms with E-state index in [1.807, 2.05) is 19.9 Å². The number of carbonyl (C=O) groups excluding carboxylic acids is 2. The van der Waals surface area contributed by atoms with Crippen molar-refractivity contribution in [2.45, 2.75) is 32.7 Å². The van der Waals surface area contributed by atoms with Crippen LogP contribution < -0.4 is 9.80 Å². The average molecular weight is 385 g/mol. The van der Waals surface area contributed by atoms with Crippen molar-refractivity contribution in [3.8, 4) is 0 Å². The van der Waals surface area contributed by atoms with Crippen LogP contribution in [0.15, 0.2) is 22.7 Å². The summed E-state index contributed by atoms with van der Waals surface area (Å²) in [4.78, 5) is 27.6. The predicted molar refractivity (Wildman–Crippen MR) is 92.1 cm³/mol. The molecule has 0 spiro atoms. The average Bonchev–Trinajstić information content (AvgIpc) is 2.53. The molecular weight excluding hydrogens is 364 g/mol. The van der Waals surface area contributed by atoms with E-state index in [9.17, 15) is 9.59 Å². The van der Waals surface area contributed by atoms with Crippen molar-refractivity contribution in [1.82, 2.24) is 0 Å². The quantitative estimate of drug-likeness (QED) is 0.733. The number of hydrogen-bond acceptors (Lipinski definition) is 4. The number of hydrogen-bond donors (Lipinski definition) is 0. The number of ether oxygens (including phenoxy) is 2. The van der Waals surface area contributed by atoms with Crippen molar-refractivity contribution in [1.29, 1.82) is 0 Å². The minimum absolute atomic E-state index is 0.213. The maximum atomic E-state index is 12.4. The Morgan fingerprint density at radius 3 is 2.70 bits per heavy atom. The van der Waals surface area contributed by atoms with Gasteiger partial charge < -0.3 is 9.47 Å². The first-order valence-electron chi connectivity index (χ1n) is 7.60. The maximum absolute atomic E-state index is 12.4. The highest BCUT2D eigenvalue weighted by atomic mass is 79.9. The Kier molecular flexibility index (Phi) is 5.87. The van der Waals surface area contributed by atoms with Crippen LogP contribution >= 0.6 is 15.9 Å². The van der Waals surface area contributed by atoms with Gasteiger partial charge in [0.05, 0.1) is 37.7 Å². The van der Waals surface area contributed by atoms with Crippen molar-refractivity contribution in [3.05, 3.63) is 22.7 Å². The van der Waals surface area contributed by atoms with E-state index >= 15 is 0 Å². The maximum Gasteiger partial charge on any atom is 0.414 e. The molecule has 7 heteroatoms. The predicted octanol–water partition coefficient (Wildman–Crippen LogP) is 4.17. The molecule has 0 saturated heterocycles. The highest BCUT2D eigenvalue weighted by Crippen LogP contribution is 2.38. The Balaban J connectivity index is 2.34. The molecule has 0 fully saturated rings. The molecule has 23 heavy (non-hydrogen) atoms. The Hall–Kier alpha value is -1.76. The molecule has 0 saturated carbocycles. The van der Waals surface area contributed by atoms with Crippen molar-refractivity contribution in [3.63, 3.8) is 0 Å². The third-order valence-corrected chi connectivity index (χ3v) is 4.18. The molecule has 0 aromatic heterocycles. The van der Waals surface area contributed by atoms with Crippen LogP contribution in [0.5, 0.6) is 0 Å². The summed E-state index contributed by atoms with van der Waals surface area (Å²) in [5, 5.41) is 0. The second-order valence-corrected chi connectivity index (χ2v) is 6.32. The largest absolute Gasteiger partial charge is 0.452 e. The fourth-order valence-corrected chi connectivity index (χ4v) is 2.88. The number of amides is 2. The number of anilines is 2. The van der Waals surface area contributed by atoms with E-state index in [4.69, 9.17) is 9.47 Å². The molecule has 1 aliphatic rings. The summed E-state index contributed by atoms with van der Waals surface area (Å²) in [6, 6.07) is 5.21. The van der Waals surface area contributed by atoms with Gasteiger partial charge in [-0.2, -0.15) is 0 Å². The van der Waals surface area contributed by atoms with Gasteiger partial charge in [0.25, 0.3) is 0 Å². The molecule has 1 aliphatic heterocycles. The van der Waals surface area contributed by atoms with Crippen LogP contribution in [0.1, 0.15) is 26.7 Å². The zero-order valence-electron chi connectivity index (χ0n) is 13.5. The molecule has 1 aromatic carbocycles. The van der Waals surface area contributed by atoms with Crippen molar-refractivity contribution in [2.75, 3.05) is 30.1 Å². The molecule has 0 bridgehead atoms. The highest BCUT2D eigenvalue weighted by Gasteiger charge is 2.36. The Morgan fingerprint density at radius 2 is 2.04 bits per heavy atom. The smallest absolute Gasteiger partial charge is 0.414 e. The van der Waals surface area contributed by atoms with E-state index in [-0.39, 0.29) is 6.04 Å². The lowest BCUT2D eigenvalue weighted by Gasteiger charge is -2.39. The summed E-state index contributed by atoms with van der Waals surface area (Å²) in [5.41, 5.74) is 1.26. The summed E-state index contributed by atoms with van der Waals surface area (Å²) in [6.45, 7) is 4.65. The normalized spacial score (nSPS) is 16.8. The second-order valence-electron chi connectivity index (χ2n) is 5.40. The van der Waals surface area contributed by atoms with Crippen LogP contribution in [0.2, 0.25) is 0 Å². The van der Waals surface area contributed by atoms with Gasteiger partial charge in [0.2, 0.25) is 0 Å².